The van der Waals surface area contributed by atoms with E-state index < -0.39 is 0 Å². The molecule has 1 rings (SSSR count). The predicted molar refractivity (Wildman–Crippen MR) is 81.1 cm³/mol. The number of nitrogens with one attached hydrogen (secondary N) is 1. The molecule has 0 heterocycles. The molecule has 1 aromatic rings. The van der Waals surface area contributed by atoms with Gasteiger partial charge in [0.05, 0.1) is 6.61 Å². The van der Waals surface area contributed by atoms with Gasteiger partial charge in [0.1, 0.15) is 0 Å². The molecule has 0 aliphatic rings. The van der Waals surface area contributed by atoms with Crippen LogP contribution in [0.15, 0.2) is 22.7 Å². The largest absolute Gasteiger partial charge is 0.380 e. The molecule has 0 saturated heterocycles. The maximum atomic E-state index is 5.89. The Kier molecular flexibility index (Phi) is 7.91. The molecular formula is C14H21BrClNO. The molecule has 0 aliphatic heterocycles. The number of ether oxygens (including phenoxy) is 1. The first-order chi connectivity index (χ1) is 8.59. The van der Waals surface area contributed by atoms with E-state index in [1.165, 1.54) is 5.56 Å². The first-order valence-corrected chi connectivity index (χ1v) is 7.49. The molecule has 102 valence electrons. The summed E-state index contributed by atoms with van der Waals surface area (Å²) >= 11 is 9.39. The molecule has 18 heavy (non-hydrogen) atoms. The summed E-state index contributed by atoms with van der Waals surface area (Å²) < 4.78 is 6.58. The summed E-state index contributed by atoms with van der Waals surface area (Å²) in [7, 11) is 0. The van der Waals surface area contributed by atoms with Gasteiger partial charge in [-0.1, -0.05) is 47.4 Å². The molecule has 2 nitrogen and oxygen atoms in total. The SMILES string of the molecule is CC(C)CCOCCNCc1ccc(Cl)cc1Br. The van der Waals surface area contributed by atoms with Gasteiger partial charge in [-0.25, -0.2) is 0 Å². The Morgan fingerprint density at radius 2 is 2.11 bits per heavy atom. The zero-order valence-corrected chi connectivity index (χ0v) is 13.4. The van der Waals surface area contributed by atoms with E-state index in [0.29, 0.717) is 5.92 Å². The second kappa shape index (κ2) is 8.92. The molecule has 0 spiro atoms. The Labute approximate surface area is 123 Å². The summed E-state index contributed by atoms with van der Waals surface area (Å²) in [5.74, 6) is 0.711. The zero-order valence-electron chi connectivity index (χ0n) is 11.0. The lowest BCUT2D eigenvalue weighted by Gasteiger charge is -2.09. The third-order valence-electron chi connectivity index (χ3n) is 2.59. The monoisotopic (exact) mass is 333 g/mol. The van der Waals surface area contributed by atoms with E-state index in [1.807, 2.05) is 18.2 Å². The number of halogens is 2. The minimum atomic E-state index is 0.711. The summed E-state index contributed by atoms with van der Waals surface area (Å²) in [5.41, 5.74) is 1.21. The average molecular weight is 335 g/mol. The van der Waals surface area contributed by atoms with Crippen LogP contribution >= 0.6 is 27.5 Å². The van der Waals surface area contributed by atoms with Crippen LogP contribution in [0.25, 0.3) is 0 Å². The highest BCUT2D eigenvalue weighted by Crippen LogP contribution is 2.21. The number of hydrogen-bond donors (Lipinski definition) is 1. The molecule has 0 saturated carbocycles. The van der Waals surface area contributed by atoms with Crippen LogP contribution in [-0.4, -0.2) is 19.8 Å². The lowest BCUT2D eigenvalue weighted by molar-refractivity contribution is 0.125. The smallest absolute Gasteiger partial charge is 0.0591 e. The van der Waals surface area contributed by atoms with Crippen molar-refractivity contribution in [2.45, 2.75) is 26.8 Å². The van der Waals surface area contributed by atoms with Crippen LogP contribution in [0.5, 0.6) is 0 Å². The Balaban J connectivity index is 2.11. The van der Waals surface area contributed by atoms with Crippen molar-refractivity contribution in [3.8, 4) is 0 Å². The van der Waals surface area contributed by atoms with Gasteiger partial charge in [-0.05, 0) is 30.0 Å². The van der Waals surface area contributed by atoms with Crippen molar-refractivity contribution in [2.75, 3.05) is 19.8 Å². The van der Waals surface area contributed by atoms with Crippen molar-refractivity contribution in [2.24, 2.45) is 5.92 Å². The summed E-state index contributed by atoms with van der Waals surface area (Å²) in [5, 5.41) is 4.10. The van der Waals surface area contributed by atoms with E-state index in [1.54, 1.807) is 0 Å². The van der Waals surface area contributed by atoms with E-state index in [2.05, 4.69) is 35.1 Å². The molecule has 0 bridgehead atoms. The lowest BCUT2D eigenvalue weighted by atomic mass is 10.1. The van der Waals surface area contributed by atoms with Crippen LogP contribution in [-0.2, 0) is 11.3 Å². The second-order valence-corrected chi connectivity index (χ2v) is 6.00. The molecule has 0 radical (unpaired) electrons. The normalized spacial score (nSPS) is 11.2. The summed E-state index contributed by atoms with van der Waals surface area (Å²) in [6.07, 6.45) is 1.13. The zero-order chi connectivity index (χ0) is 13.4. The quantitative estimate of drug-likeness (QED) is 0.717. The molecule has 0 aromatic heterocycles. The van der Waals surface area contributed by atoms with Gasteiger partial charge >= 0.3 is 0 Å². The fourth-order valence-electron chi connectivity index (χ4n) is 1.45. The number of rotatable bonds is 8. The first-order valence-electron chi connectivity index (χ1n) is 6.32. The molecular weight excluding hydrogens is 314 g/mol. The van der Waals surface area contributed by atoms with Crippen LogP contribution < -0.4 is 5.32 Å². The molecule has 1 aromatic carbocycles. The van der Waals surface area contributed by atoms with Gasteiger partial charge in [0, 0.05) is 29.2 Å². The second-order valence-electron chi connectivity index (χ2n) is 4.71. The van der Waals surface area contributed by atoms with Crippen molar-refractivity contribution in [3.63, 3.8) is 0 Å². The molecule has 0 unspecified atom stereocenters. The molecule has 0 atom stereocenters. The Bertz CT molecular complexity index is 358. The Morgan fingerprint density at radius 1 is 1.33 bits per heavy atom. The van der Waals surface area contributed by atoms with Crippen LogP contribution in [0.2, 0.25) is 5.02 Å². The van der Waals surface area contributed by atoms with Crippen LogP contribution in [0.3, 0.4) is 0 Å². The van der Waals surface area contributed by atoms with Crippen LogP contribution in [0, 0.1) is 5.92 Å². The molecule has 0 fully saturated rings. The van der Waals surface area contributed by atoms with Gasteiger partial charge in [-0.15, -0.1) is 0 Å². The van der Waals surface area contributed by atoms with Crippen molar-refractivity contribution < 1.29 is 4.74 Å². The molecule has 0 aliphatic carbocycles. The average Bonchev–Trinajstić information content (AvgIpc) is 2.30. The summed E-state index contributed by atoms with van der Waals surface area (Å²) in [6, 6.07) is 5.85. The molecule has 1 N–H and O–H groups in total. The fraction of sp³-hybridized carbons (Fsp3) is 0.571. The van der Waals surface area contributed by atoms with E-state index in [-0.39, 0.29) is 0 Å². The van der Waals surface area contributed by atoms with Gasteiger partial charge in [-0.3, -0.25) is 0 Å². The fourth-order valence-corrected chi connectivity index (χ4v) is 2.28. The predicted octanol–water partition coefficient (Wildman–Crippen LogP) is 4.25. The van der Waals surface area contributed by atoms with Gasteiger partial charge in [-0.2, -0.15) is 0 Å². The number of benzene rings is 1. The molecule has 0 amide bonds. The van der Waals surface area contributed by atoms with Gasteiger partial charge in [0.15, 0.2) is 0 Å². The summed E-state index contributed by atoms with van der Waals surface area (Å²) in [4.78, 5) is 0. The number of hydrogen-bond acceptors (Lipinski definition) is 2. The van der Waals surface area contributed by atoms with E-state index in [9.17, 15) is 0 Å². The lowest BCUT2D eigenvalue weighted by Crippen LogP contribution is -2.20. The molecule has 4 heteroatoms. The third kappa shape index (κ3) is 6.74. The maximum absolute atomic E-state index is 5.89. The van der Waals surface area contributed by atoms with Crippen molar-refractivity contribution in [3.05, 3.63) is 33.3 Å². The van der Waals surface area contributed by atoms with Crippen LogP contribution in [0.1, 0.15) is 25.8 Å². The first kappa shape index (κ1) is 16.0. The van der Waals surface area contributed by atoms with E-state index >= 15 is 0 Å². The topological polar surface area (TPSA) is 21.3 Å². The van der Waals surface area contributed by atoms with E-state index in [0.717, 1.165) is 42.2 Å². The highest BCUT2D eigenvalue weighted by molar-refractivity contribution is 9.10. The van der Waals surface area contributed by atoms with E-state index in [4.69, 9.17) is 16.3 Å². The third-order valence-corrected chi connectivity index (χ3v) is 3.57. The van der Waals surface area contributed by atoms with Crippen molar-refractivity contribution in [1.29, 1.82) is 0 Å². The standard InChI is InChI=1S/C14H21BrClNO/c1-11(2)5-7-18-8-6-17-10-12-3-4-13(16)9-14(12)15/h3-4,9,11,17H,5-8,10H2,1-2H3. The minimum Gasteiger partial charge on any atom is -0.380 e. The highest BCUT2D eigenvalue weighted by atomic mass is 79.9. The van der Waals surface area contributed by atoms with Crippen molar-refractivity contribution >= 4 is 27.5 Å². The minimum absolute atomic E-state index is 0.711. The van der Waals surface area contributed by atoms with Gasteiger partial charge < -0.3 is 10.1 Å². The Morgan fingerprint density at radius 3 is 2.78 bits per heavy atom. The summed E-state index contributed by atoms with van der Waals surface area (Å²) in [6.45, 7) is 7.72. The van der Waals surface area contributed by atoms with Crippen LogP contribution in [0.4, 0.5) is 0 Å². The van der Waals surface area contributed by atoms with Gasteiger partial charge in [0.2, 0.25) is 0 Å². The highest BCUT2D eigenvalue weighted by Gasteiger charge is 2.00. The van der Waals surface area contributed by atoms with Crippen molar-refractivity contribution in [1.82, 2.24) is 5.32 Å². The van der Waals surface area contributed by atoms with Gasteiger partial charge in [0.25, 0.3) is 0 Å². The Hall–Kier alpha value is -0.0900. The maximum Gasteiger partial charge on any atom is 0.0591 e.